The lowest BCUT2D eigenvalue weighted by molar-refractivity contribution is 0.0929. The molecular weight excluding hydrogens is 298 g/mol. The number of nitrogens with zero attached hydrogens (tertiary/aromatic N) is 3. The zero-order valence-electron chi connectivity index (χ0n) is 13.5. The monoisotopic (exact) mass is 319 g/mol. The Morgan fingerprint density at radius 3 is 2.42 bits per heavy atom. The summed E-state index contributed by atoms with van der Waals surface area (Å²) >= 11 is 0. The average Bonchev–Trinajstić information content (AvgIpc) is 2.68. The molecule has 0 bridgehead atoms. The molecule has 2 heterocycles. The molecule has 24 heavy (non-hydrogen) atoms. The highest BCUT2D eigenvalue weighted by atomic mass is 16.3. The highest BCUT2D eigenvalue weighted by Crippen LogP contribution is 2.33. The van der Waals surface area contributed by atoms with Gasteiger partial charge in [-0.25, -0.2) is 9.97 Å². The summed E-state index contributed by atoms with van der Waals surface area (Å²) < 4.78 is 0. The maximum atomic E-state index is 10.6. The van der Waals surface area contributed by atoms with Crippen LogP contribution in [0, 0.1) is 5.92 Å². The van der Waals surface area contributed by atoms with E-state index in [-0.39, 0.29) is 6.10 Å². The van der Waals surface area contributed by atoms with Crippen LogP contribution < -0.4 is 4.90 Å². The first-order chi connectivity index (χ1) is 11.8. The number of piperidine rings is 1. The van der Waals surface area contributed by atoms with Gasteiger partial charge in [0, 0.05) is 18.5 Å². The van der Waals surface area contributed by atoms with E-state index >= 15 is 0 Å². The number of hydrogen-bond donors (Lipinski definition) is 1. The van der Waals surface area contributed by atoms with Crippen molar-refractivity contribution in [1.29, 1.82) is 0 Å². The topological polar surface area (TPSA) is 49.2 Å². The highest BCUT2D eigenvalue weighted by molar-refractivity contribution is 5.89. The second kappa shape index (κ2) is 6.57. The van der Waals surface area contributed by atoms with Gasteiger partial charge in [0.25, 0.3) is 0 Å². The molecule has 1 aliphatic rings. The third kappa shape index (κ3) is 2.85. The van der Waals surface area contributed by atoms with Gasteiger partial charge in [0.15, 0.2) is 0 Å². The Kier molecular flexibility index (Phi) is 4.13. The van der Waals surface area contributed by atoms with E-state index in [0.29, 0.717) is 5.92 Å². The van der Waals surface area contributed by atoms with E-state index in [4.69, 9.17) is 0 Å². The molecule has 0 spiro atoms. The first-order valence-corrected chi connectivity index (χ1v) is 8.50. The predicted octanol–water partition coefficient (Wildman–Crippen LogP) is 3.58. The van der Waals surface area contributed by atoms with Gasteiger partial charge >= 0.3 is 0 Å². The Bertz CT molecular complexity index is 808. The normalized spacial score (nSPS) is 17.1. The minimum Gasteiger partial charge on any atom is -0.388 e. The lowest BCUT2D eigenvalue weighted by atomic mass is 9.87. The van der Waals surface area contributed by atoms with E-state index < -0.39 is 0 Å². The standard InChI is InChI=1S/C20H21N3O/c24-19(15-6-2-1-3-7-15)16-10-12-23(13-11-16)20-17-8-4-5-9-18(17)21-14-22-20/h1-9,14,16,19,24H,10-13H2/t19-/m1/s1. The molecule has 122 valence electrons. The molecule has 2 aromatic carbocycles. The van der Waals surface area contributed by atoms with Gasteiger partial charge in [-0.2, -0.15) is 0 Å². The fourth-order valence-electron chi connectivity index (χ4n) is 3.59. The Morgan fingerprint density at radius 2 is 1.62 bits per heavy atom. The molecule has 1 fully saturated rings. The second-order valence-corrected chi connectivity index (χ2v) is 6.39. The summed E-state index contributed by atoms with van der Waals surface area (Å²) in [5.74, 6) is 1.31. The molecule has 0 saturated carbocycles. The number of aliphatic hydroxyl groups excluding tert-OH is 1. The van der Waals surface area contributed by atoms with Gasteiger partial charge in [-0.05, 0) is 36.5 Å². The third-order valence-electron chi connectivity index (χ3n) is 4.95. The van der Waals surface area contributed by atoms with Crippen LogP contribution in [0.25, 0.3) is 10.9 Å². The molecule has 3 aromatic rings. The van der Waals surface area contributed by atoms with Crippen LogP contribution >= 0.6 is 0 Å². The number of aromatic nitrogens is 2. The van der Waals surface area contributed by atoms with Crippen molar-refractivity contribution in [3.63, 3.8) is 0 Å². The van der Waals surface area contributed by atoms with E-state index in [1.807, 2.05) is 48.5 Å². The molecule has 1 atom stereocenters. The molecule has 4 heteroatoms. The van der Waals surface area contributed by atoms with Gasteiger partial charge < -0.3 is 10.0 Å². The molecule has 1 aromatic heterocycles. The largest absolute Gasteiger partial charge is 0.388 e. The predicted molar refractivity (Wildman–Crippen MR) is 95.9 cm³/mol. The van der Waals surface area contributed by atoms with Crippen molar-refractivity contribution in [2.75, 3.05) is 18.0 Å². The summed E-state index contributed by atoms with van der Waals surface area (Å²) in [5.41, 5.74) is 2.00. The van der Waals surface area contributed by atoms with Crippen molar-refractivity contribution in [3.8, 4) is 0 Å². The van der Waals surface area contributed by atoms with Gasteiger partial charge in [-0.3, -0.25) is 0 Å². The van der Waals surface area contributed by atoms with Gasteiger partial charge in [0.1, 0.15) is 12.1 Å². The Balaban J connectivity index is 1.50. The summed E-state index contributed by atoms with van der Waals surface area (Å²) in [6.45, 7) is 1.82. The van der Waals surface area contributed by atoms with Crippen LogP contribution in [0.2, 0.25) is 0 Å². The molecule has 1 N–H and O–H groups in total. The van der Waals surface area contributed by atoms with Crippen molar-refractivity contribution in [2.45, 2.75) is 18.9 Å². The number of para-hydroxylation sites is 1. The van der Waals surface area contributed by atoms with Crippen molar-refractivity contribution in [3.05, 3.63) is 66.5 Å². The van der Waals surface area contributed by atoms with Gasteiger partial charge in [-0.1, -0.05) is 42.5 Å². The van der Waals surface area contributed by atoms with Crippen LogP contribution in [0.1, 0.15) is 24.5 Å². The quantitative estimate of drug-likeness (QED) is 0.801. The maximum Gasteiger partial charge on any atom is 0.139 e. The van der Waals surface area contributed by atoms with E-state index in [1.165, 1.54) is 0 Å². The fraction of sp³-hybridized carbons (Fsp3) is 0.300. The van der Waals surface area contributed by atoms with Crippen molar-refractivity contribution >= 4 is 16.7 Å². The van der Waals surface area contributed by atoms with E-state index in [2.05, 4.69) is 20.9 Å². The van der Waals surface area contributed by atoms with Crippen molar-refractivity contribution in [2.24, 2.45) is 5.92 Å². The SMILES string of the molecule is O[C@H](c1ccccc1)C1CCN(c2ncnc3ccccc23)CC1. The maximum absolute atomic E-state index is 10.6. The Morgan fingerprint density at radius 1 is 0.917 bits per heavy atom. The van der Waals surface area contributed by atoms with E-state index in [9.17, 15) is 5.11 Å². The van der Waals surface area contributed by atoms with Crippen molar-refractivity contribution < 1.29 is 5.11 Å². The van der Waals surface area contributed by atoms with Crippen LogP contribution in [0.5, 0.6) is 0 Å². The average molecular weight is 319 g/mol. The van der Waals surface area contributed by atoms with Gasteiger partial charge in [-0.15, -0.1) is 0 Å². The van der Waals surface area contributed by atoms with Gasteiger partial charge in [0.05, 0.1) is 11.6 Å². The lowest BCUT2D eigenvalue weighted by Crippen LogP contribution is -2.36. The number of rotatable bonds is 3. The minimum absolute atomic E-state index is 0.303. The number of aliphatic hydroxyl groups is 1. The minimum atomic E-state index is -0.379. The van der Waals surface area contributed by atoms with E-state index in [0.717, 1.165) is 48.2 Å². The molecular formula is C20H21N3O. The zero-order valence-corrected chi connectivity index (χ0v) is 13.5. The van der Waals surface area contributed by atoms with Crippen LogP contribution in [0.15, 0.2) is 60.9 Å². The number of fused-ring (bicyclic) bond motifs is 1. The third-order valence-corrected chi connectivity index (χ3v) is 4.95. The molecule has 4 rings (SSSR count). The summed E-state index contributed by atoms with van der Waals surface area (Å²) in [5, 5.41) is 11.7. The summed E-state index contributed by atoms with van der Waals surface area (Å²) in [6.07, 6.45) is 3.20. The molecule has 4 nitrogen and oxygen atoms in total. The highest BCUT2D eigenvalue weighted by Gasteiger charge is 2.27. The Hall–Kier alpha value is -2.46. The number of benzene rings is 2. The molecule has 0 amide bonds. The molecule has 1 aliphatic heterocycles. The van der Waals surface area contributed by atoms with Crippen molar-refractivity contribution in [1.82, 2.24) is 9.97 Å². The summed E-state index contributed by atoms with van der Waals surface area (Å²) in [7, 11) is 0. The van der Waals surface area contributed by atoms with Crippen LogP contribution in [-0.2, 0) is 0 Å². The summed E-state index contributed by atoms with van der Waals surface area (Å²) in [4.78, 5) is 11.2. The second-order valence-electron chi connectivity index (χ2n) is 6.39. The van der Waals surface area contributed by atoms with Crippen LogP contribution in [-0.4, -0.2) is 28.2 Å². The van der Waals surface area contributed by atoms with E-state index in [1.54, 1.807) is 6.33 Å². The summed E-state index contributed by atoms with van der Waals surface area (Å²) in [6, 6.07) is 18.1. The van der Waals surface area contributed by atoms with Gasteiger partial charge in [0.2, 0.25) is 0 Å². The Labute approximate surface area is 141 Å². The number of anilines is 1. The first-order valence-electron chi connectivity index (χ1n) is 8.50. The first kappa shape index (κ1) is 15.1. The van der Waals surface area contributed by atoms with Crippen LogP contribution in [0.4, 0.5) is 5.82 Å². The molecule has 0 aliphatic carbocycles. The fourth-order valence-corrected chi connectivity index (χ4v) is 3.59. The van der Waals surface area contributed by atoms with Crippen LogP contribution in [0.3, 0.4) is 0 Å². The molecule has 0 radical (unpaired) electrons. The zero-order chi connectivity index (χ0) is 16.4. The smallest absolute Gasteiger partial charge is 0.139 e. The molecule has 0 unspecified atom stereocenters. The molecule has 1 saturated heterocycles. The number of hydrogen-bond acceptors (Lipinski definition) is 4. The lowest BCUT2D eigenvalue weighted by Gasteiger charge is -2.35.